The number of halogens is 1. The van der Waals surface area contributed by atoms with Gasteiger partial charge in [0.1, 0.15) is 0 Å². The molecule has 0 aromatic rings. The standard InChI is InChI=1S/C7H13BrO/c1-5(2)6(9)7(3,4)8/h5H,1-4H3. The van der Waals surface area contributed by atoms with E-state index in [0.717, 1.165) is 0 Å². The van der Waals surface area contributed by atoms with E-state index in [0.29, 0.717) is 0 Å². The molecule has 1 nitrogen and oxygen atoms in total. The Morgan fingerprint density at radius 1 is 1.44 bits per heavy atom. The van der Waals surface area contributed by atoms with Gasteiger partial charge in [-0.25, -0.2) is 0 Å². The van der Waals surface area contributed by atoms with Gasteiger partial charge in [0, 0.05) is 5.92 Å². The van der Waals surface area contributed by atoms with Gasteiger partial charge in [0.25, 0.3) is 0 Å². The van der Waals surface area contributed by atoms with Gasteiger partial charge in [-0.15, -0.1) is 0 Å². The van der Waals surface area contributed by atoms with Crippen molar-refractivity contribution in [1.29, 1.82) is 0 Å². The Bertz CT molecular complexity index is 111. The van der Waals surface area contributed by atoms with Crippen LogP contribution in [0, 0.1) is 5.92 Å². The fourth-order valence-electron chi connectivity index (χ4n) is 0.686. The topological polar surface area (TPSA) is 17.1 Å². The summed E-state index contributed by atoms with van der Waals surface area (Å²) in [6.07, 6.45) is 0. The highest BCUT2D eigenvalue weighted by atomic mass is 79.9. The molecule has 0 rings (SSSR count). The zero-order valence-corrected chi connectivity index (χ0v) is 7.95. The Balaban J connectivity index is 4.06. The lowest BCUT2D eigenvalue weighted by Gasteiger charge is -2.16. The predicted molar refractivity (Wildman–Crippen MR) is 42.9 cm³/mol. The molecule has 0 atom stereocenters. The average Bonchev–Trinajstić information content (AvgIpc) is 1.62. The molecule has 0 unspecified atom stereocenters. The van der Waals surface area contributed by atoms with Crippen molar-refractivity contribution in [2.24, 2.45) is 5.92 Å². The van der Waals surface area contributed by atoms with Gasteiger partial charge in [0.2, 0.25) is 0 Å². The molecule has 0 fully saturated rings. The first-order valence-corrected chi connectivity index (χ1v) is 3.88. The van der Waals surface area contributed by atoms with Crippen LogP contribution < -0.4 is 0 Å². The zero-order chi connectivity index (χ0) is 7.65. The van der Waals surface area contributed by atoms with Crippen molar-refractivity contribution < 1.29 is 4.79 Å². The lowest BCUT2D eigenvalue weighted by atomic mass is 9.99. The van der Waals surface area contributed by atoms with Crippen molar-refractivity contribution in [2.75, 3.05) is 0 Å². The molecule has 0 amide bonds. The molecule has 54 valence electrons. The first kappa shape index (κ1) is 9.15. The van der Waals surface area contributed by atoms with Gasteiger partial charge < -0.3 is 0 Å². The van der Waals surface area contributed by atoms with Crippen LogP contribution >= 0.6 is 15.9 Å². The van der Waals surface area contributed by atoms with Crippen molar-refractivity contribution in [3.63, 3.8) is 0 Å². The fourth-order valence-corrected chi connectivity index (χ4v) is 1.14. The predicted octanol–water partition coefficient (Wildman–Crippen LogP) is 2.39. The summed E-state index contributed by atoms with van der Waals surface area (Å²) in [6.45, 7) is 7.56. The zero-order valence-electron chi connectivity index (χ0n) is 6.36. The molecule has 0 aromatic carbocycles. The summed E-state index contributed by atoms with van der Waals surface area (Å²) in [6, 6.07) is 0. The summed E-state index contributed by atoms with van der Waals surface area (Å²) in [7, 11) is 0. The first-order valence-electron chi connectivity index (χ1n) is 3.09. The van der Waals surface area contributed by atoms with E-state index in [-0.39, 0.29) is 16.0 Å². The number of carbonyl (C=O) groups excluding carboxylic acids is 1. The fraction of sp³-hybridized carbons (Fsp3) is 0.857. The lowest BCUT2D eigenvalue weighted by Crippen LogP contribution is -2.28. The second-order valence-corrected chi connectivity index (χ2v) is 4.97. The Hall–Kier alpha value is 0.150. The van der Waals surface area contributed by atoms with Crippen LogP contribution in [0.3, 0.4) is 0 Å². The molecule has 0 aliphatic carbocycles. The van der Waals surface area contributed by atoms with Crippen LogP contribution in [-0.4, -0.2) is 10.1 Å². The minimum Gasteiger partial charge on any atom is -0.298 e. The van der Waals surface area contributed by atoms with Crippen molar-refractivity contribution >= 4 is 21.7 Å². The summed E-state index contributed by atoms with van der Waals surface area (Å²) < 4.78 is -0.346. The molecule has 0 saturated carbocycles. The van der Waals surface area contributed by atoms with Gasteiger partial charge in [-0.2, -0.15) is 0 Å². The van der Waals surface area contributed by atoms with Crippen LogP contribution in [0.25, 0.3) is 0 Å². The highest BCUT2D eigenvalue weighted by Gasteiger charge is 2.25. The number of ketones is 1. The van der Waals surface area contributed by atoms with Gasteiger partial charge in [-0.3, -0.25) is 4.79 Å². The third-order valence-corrected chi connectivity index (χ3v) is 1.50. The summed E-state index contributed by atoms with van der Waals surface area (Å²) in [5.41, 5.74) is 0. The summed E-state index contributed by atoms with van der Waals surface area (Å²) in [5.74, 6) is 0.377. The van der Waals surface area contributed by atoms with Gasteiger partial charge in [-0.1, -0.05) is 29.8 Å². The molecule has 0 aliphatic heterocycles. The maximum atomic E-state index is 11.1. The van der Waals surface area contributed by atoms with E-state index < -0.39 is 0 Å². The van der Waals surface area contributed by atoms with Crippen LogP contribution in [0.4, 0.5) is 0 Å². The first-order chi connectivity index (χ1) is 3.85. The number of hydrogen-bond donors (Lipinski definition) is 0. The van der Waals surface area contributed by atoms with E-state index in [1.807, 2.05) is 27.7 Å². The molecule has 0 spiro atoms. The molecule has 0 heterocycles. The normalized spacial score (nSPS) is 12.2. The van der Waals surface area contributed by atoms with Crippen molar-refractivity contribution in [3.05, 3.63) is 0 Å². The van der Waals surface area contributed by atoms with Gasteiger partial charge in [-0.05, 0) is 13.8 Å². The Labute approximate surface area is 65.0 Å². The van der Waals surface area contributed by atoms with Crippen molar-refractivity contribution in [3.8, 4) is 0 Å². The average molecular weight is 193 g/mol. The molecular formula is C7H13BrO. The smallest absolute Gasteiger partial charge is 0.151 e. The molecule has 0 aliphatic rings. The largest absolute Gasteiger partial charge is 0.298 e. The lowest BCUT2D eigenvalue weighted by molar-refractivity contribution is -0.123. The number of Topliss-reactive ketones (excluding diaryl/α,β-unsaturated/α-hetero) is 1. The molecular weight excluding hydrogens is 180 g/mol. The highest BCUT2D eigenvalue weighted by Crippen LogP contribution is 2.20. The Morgan fingerprint density at radius 2 is 1.78 bits per heavy atom. The van der Waals surface area contributed by atoms with Crippen LogP contribution in [-0.2, 0) is 4.79 Å². The van der Waals surface area contributed by atoms with Crippen LogP contribution in [0.15, 0.2) is 0 Å². The maximum Gasteiger partial charge on any atom is 0.151 e. The van der Waals surface area contributed by atoms with E-state index in [2.05, 4.69) is 15.9 Å². The maximum absolute atomic E-state index is 11.1. The molecule has 0 saturated heterocycles. The number of hydrogen-bond acceptors (Lipinski definition) is 1. The molecule has 0 radical (unpaired) electrons. The van der Waals surface area contributed by atoms with Gasteiger partial charge in [0.05, 0.1) is 4.32 Å². The molecule has 9 heavy (non-hydrogen) atoms. The van der Waals surface area contributed by atoms with E-state index >= 15 is 0 Å². The Kier molecular flexibility index (Phi) is 2.87. The molecule has 0 N–H and O–H groups in total. The summed E-state index contributed by atoms with van der Waals surface area (Å²) in [4.78, 5) is 11.1. The number of carbonyl (C=O) groups is 1. The Morgan fingerprint density at radius 3 is 1.78 bits per heavy atom. The molecule has 0 aromatic heterocycles. The van der Waals surface area contributed by atoms with Crippen LogP contribution in [0.2, 0.25) is 0 Å². The summed E-state index contributed by atoms with van der Waals surface area (Å²) >= 11 is 3.29. The second-order valence-electron chi connectivity index (χ2n) is 2.99. The van der Waals surface area contributed by atoms with Gasteiger partial charge >= 0.3 is 0 Å². The third-order valence-electron chi connectivity index (χ3n) is 1.11. The summed E-state index contributed by atoms with van der Waals surface area (Å²) in [5, 5.41) is 0. The molecule has 2 heteroatoms. The quantitative estimate of drug-likeness (QED) is 0.615. The number of rotatable bonds is 2. The van der Waals surface area contributed by atoms with Gasteiger partial charge in [0.15, 0.2) is 5.78 Å². The third kappa shape index (κ3) is 2.99. The van der Waals surface area contributed by atoms with E-state index in [4.69, 9.17) is 0 Å². The van der Waals surface area contributed by atoms with E-state index in [1.54, 1.807) is 0 Å². The van der Waals surface area contributed by atoms with E-state index in [9.17, 15) is 4.79 Å². The molecule has 0 bridgehead atoms. The monoisotopic (exact) mass is 192 g/mol. The van der Waals surface area contributed by atoms with Crippen LogP contribution in [0.5, 0.6) is 0 Å². The highest BCUT2D eigenvalue weighted by molar-refractivity contribution is 9.10. The SMILES string of the molecule is CC(C)C(=O)C(C)(C)Br. The van der Waals surface area contributed by atoms with Crippen molar-refractivity contribution in [1.82, 2.24) is 0 Å². The van der Waals surface area contributed by atoms with Crippen LogP contribution in [0.1, 0.15) is 27.7 Å². The number of alkyl halides is 1. The van der Waals surface area contributed by atoms with E-state index in [1.165, 1.54) is 0 Å². The minimum atomic E-state index is -0.346. The van der Waals surface area contributed by atoms with Crippen molar-refractivity contribution in [2.45, 2.75) is 32.0 Å². The second kappa shape index (κ2) is 2.82. The minimum absolute atomic E-state index is 0.124.